The van der Waals surface area contributed by atoms with E-state index in [4.69, 9.17) is 4.74 Å². The topological polar surface area (TPSA) is 21.3 Å². The average Bonchev–Trinajstić information content (AvgIpc) is 2.85. The van der Waals surface area contributed by atoms with Crippen LogP contribution in [0.1, 0.15) is 22.6 Å². The van der Waals surface area contributed by atoms with Crippen LogP contribution in [0.15, 0.2) is 42.5 Å². The summed E-state index contributed by atoms with van der Waals surface area (Å²) in [5.74, 6) is 1.27. The van der Waals surface area contributed by atoms with E-state index in [-0.39, 0.29) is 11.9 Å². The van der Waals surface area contributed by atoms with Gasteiger partial charge in [0.05, 0.1) is 0 Å². The van der Waals surface area contributed by atoms with E-state index in [0.717, 1.165) is 30.8 Å². The Morgan fingerprint density at radius 2 is 1.95 bits per heavy atom. The molecule has 2 aromatic carbocycles. The molecule has 0 amide bonds. The van der Waals surface area contributed by atoms with Gasteiger partial charge in [0.1, 0.15) is 17.7 Å². The van der Waals surface area contributed by atoms with Crippen LogP contribution in [0.4, 0.5) is 4.39 Å². The molecule has 0 radical (unpaired) electrons. The third kappa shape index (κ3) is 2.42. The molecule has 0 saturated heterocycles. The minimum Gasteiger partial charge on any atom is -0.488 e. The van der Waals surface area contributed by atoms with Gasteiger partial charge in [0.25, 0.3) is 0 Å². The maximum absolute atomic E-state index is 13.2. The Kier molecular flexibility index (Phi) is 3.15. The molecule has 0 bridgehead atoms. The summed E-state index contributed by atoms with van der Waals surface area (Å²) in [6, 6.07) is 13.4. The molecule has 0 spiro atoms. The second-order valence-electron chi connectivity index (χ2n) is 5.95. The van der Waals surface area contributed by atoms with Crippen LogP contribution in [0, 0.1) is 5.82 Å². The Balaban J connectivity index is 1.28. The van der Waals surface area contributed by atoms with Crippen molar-refractivity contribution >= 4 is 0 Å². The van der Waals surface area contributed by atoms with Crippen molar-refractivity contribution in [2.75, 3.05) is 13.1 Å². The summed E-state index contributed by atoms with van der Waals surface area (Å²) in [6.45, 7) is 1.80. The lowest BCUT2D eigenvalue weighted by molar-refractivity contribution is 0.226. The molecule has 2 atom stereocenters. The largest absolute Gasteiger partial charge is 0.488 e. The SMILES string of the molecule is Fc1ccc2c(c1)CC(CNCC1Cc3ccccc31)O2. The summed E-state index contributed by atoms with van der Waals surface area (Å²) in [7, 11) is 0. The Labute approximate surface area is 123 Å². The highest BCUT2D eigenvalue weighted by atomic mass is 19.1. The second-order valence-corrected chi connectivity index (χ2v) is 5.95. The molecule has 1 aliphatic heterocycles. The molecule has 3 heteroatoms. The van der Waals surface area contributed by atoms with Crippen molar-refractivity contribution in [2.24, 2.45) is 0 Å². The molecule has 1 N–H and O–H groups in total. The van der Waals surface area contributed by atoms with Crippen LogP contribution in [-0.2, 0) is 12.8 Å². The maximum Gasteiger partial charge on any atom is 0.123 e. The van der Waals surface area contributed by atoms with Crippen LogP contribution in [0.25, 0.3) is 0 Å². The third-order valence-electron chi connectivity index (χ3n) is 4.49. The minimum atomic E-state index is -0.183. The maximum atomic E-state index is 13.2. The first-order valence-corrected chi connectivity index (χ1v) is 7.53. The Bertz CT molecular complexity index is 670. The van der Waals surface area contributed by atoms with Crippen molar-refractivity contribution in [2.45, 2.75) is 24.9 Å². The van der Waals surface area contributed by atoms with Crippen molar-refractivity contribution in [3.63, 3.8) is 0 Å². The molecule has 2 nitrogen and oxygen atoms in total. The van der Waals surface area contributed by atoms with Gasteiger partial charge in [-0.3, -0.25) is 0 Å². The van der Waals surface area contributed by atoms with Crippen molar-refractivity contribution in [3.8, 4) is 5.75 Å². The van der Waals surface area contributed by atoms with E-state index >= 15 is 0 Å². The molecule has 2 aromatic rings. The summed E-state index contributed by atoms with van der Waals surface area (Å²) in [5, 5.41) is 3.50. The smallest absolute Gasteiger partial charge is 0.123 e. The highest BCUT2D eigenvalue weighted by Crippen LogP contribution is 2.34. The Hall–Kier alpha value is -1.87. The van der Waals surface area contributed by atoms with Crippen molar-refractivity contribution < 1.29 is 9.13 Å². The van der Waals surface area contributed by atoms with Crippen molar-refractivity contribution in [3.05, 3.63) is 65.0 Å². The van der Waals surface area contributed by atoms with Crippen LogP contribution >= 0.6 is 0 Å². The fourth-order valence-corrected chi connectivity index (χ4v) is 3.37. The summed E-state index contributed by atoms with van der Waals surface area (Å²) >= 11 is 0. The molecule has 1 aliphatic carbocycles. The zero-order chi connectivity index (χ0) is 14.2. The van der Waals surface area contributed by atoms with Gasteiger partial charge in [0, 0.05) is 31.0 Å². The highest BCUT2D eigenvalue weighted by Gasteiger charge is 2.26. The summed E-state index contributed by atoms with van der Waals surface area (Å²) < 4.78 is 19.0. The zero-order valence-electron chi connectivity index (χ0n) is 11.8. The Morgan fingerprint density at radius 3 is 2.86 bits per heavy atom. The lowest BCUT2D eigenvalue weighted by atomic mass is 9.77. The molecule has 21 heavy (non-hydrogen) atoms. The molecule has 108 valence electrons. The van der Waals surface area contributed by atoms with Gasteiger partial charge in [-0.1, -0.05) is 24.3 Å². The molecule has 0 fully saturated rings. The lowest BCUT2D eigenvalue weighted by Crippen LogP contribution is -2.35. The third-order valence-corrected chi connectivity index (χ3v) is 4.49. The number of benzene rings is 2. The van der Waals surface area contributed by atoms with Crippen LogP contribution in [-0.4, -0.2) is 19.2 Å². The van der Waals surface area contributed by atoms with Gasteiger partial charge in [-0.25, -0.2) is 4.39 Å². The molecular formula is C18H18FNO. The lowest BCUT2D eigenvalue weighted by Gasteiger charge is -2.30. The quantitative estimate of drug-likeness (QED) is 0.931. The summed E-state index contributed by atoms with van der Waals surface area (Å²) in [4.78, 5) is 0. The number of hydrogen-bond donors (Lipinski definition) is 1. The van der Waals surface area contributed by atoms with E-state index in [1.54, 1.807) is 12.1 Å². The number of hydrogen-bond acceptors (Lipinski definition) is 2. The van der Waals surface area contributed by atoms with E-state index < -0.39 is 0 Å². The van der Waals surface area contributed by atoms with Crippen LogP contribution in [0.5, 0.6) is 5.75 Å². The first kappa shape index (κ1) is 12.8. The van der Waals surface area contributed by atoms with Crippen molar-refractivity contribution in [1.82, 2.24) is 5.32 Å². The molecule has 4 rings (SSSR count). The van der Waals surface area contributed by atoms with Gasteiger partial charge in [-0.15, -0.1) is 0 Å². The number of ether oxygens (including phenoxy) is 1. The Morgan fingerprint density at radius 1 is 1.05 bits per heavy atom. The molecular weight excluding hydrogens is 265 g/mol. The minimum absolute atomic E-state index is 0.122. The van der Waals surface area contributed by atoms with Gasteiger partial charge in [-0.05, 0) is 35.7 Å². The number of halogens is 1. The standard InChI is InChI=1S/C18H18FNO/c19-15-5-6-18-13(8-15)9-16(21-18)11-20-10-14-7-12-3-1-2-4-17(12)14/h1-6,8,14,16,20H,7,9-11H2. The van der Waals surface area contributed by atoms with Crippen LogP contribution < -0.4 is 10.1 Å². The number of rotatable bonds is 4. The summed E-state index contributed by atoms with van der Waals surface area (Å²) in [6.07, 6.45) is 2.08. The molecule has 0 saturated carbocycles. The number of fused-ring (bicyclic) bond motifs is 2. The number of nitrogens with one attached hydrogen (secondary N) is 1. The second kappa shape index (κ2) is 5.15. The predicted octanol–water partition coefficient (Wildman–Crippen LogP) is 3.06. The predicted molar refractivity (Wildman–Crippen MR) is 80.3 cm³/mol. The molecule has 2 aliphatic rings. The van der Waals surface area contributed by atoms with E-state index in [1.807, 2.05) is 0 Å². The van der Waals surface area contributed by atoms with E-state index in [2.05, 4.69) is 29.6 Å². The fourth-order valence-electron chi connectivity index (χ4n) is 3.37. The summed E-state index contributed by atoms with van der Waals surface area (Å²) in [5.41, 5.74) is 3.93. The van der Waals surface area contributed by atoms with E-state index in [0.29, 0.717) is 5.92 Å². The fraction of sp³-hybridized carbons (Fsp3) is 0.333. The molecule has 0 aromatic heterocycles. The van der Waals surface area contributed by atoms with Crippen LogP contribution in [0.2, 0.25) is 0 Å². The van der Waals surface area contributed by atoms with E-state index in [1.165, 1.54) is 23.6 Å². The van der Waals surface area contributed by atoms with E-state index in [9.17, 15) is 4.39 Å². The average molecular weight is 283 g/mol. The first-order valence-electron chi connectivity index (χ1n) is 7.53. The first-order chi connectivity index (χ1) is 10.3. The van der Waals surface area contributed by atoms with Gasteiger partial charge >= 0.3 is 0 Å². The van der Waals surface area contributed by atoms with Gasteiger partial charge in [0.2, 0.25) is 0 Å². The zero-order valence-corrected chi connectivity index (χ0v) is 11.8. The molecule has 2 unspecified atom stereocenters. The molecule has 1 heterocycles. The van der Waals surface area contributed by atoms with Crippen molar-refractivity contribution in [1.29, 1.82) is 0 Å². The highest BCUT2D eigenvalue weighted by molar-refractivity contribution is 5.40. The van der Waals surface area contributed by atoms with Gasteiger partial charge < -0.3 is 10.1 Å². The normalized spacial score (nSPS) is 22.1. The van der Waals surface area contributed by atoms with Gasteiger partial charge in [-0.2, -0.15) is 0 Å². The monoisotopic (exact) mass is 283 g/mol. The van der Waals surface area contributed by atoms with Crippen LogP contribution in [0.3, 0.4) is 0 Å². The van der Waals surface area contributed by atoms with Gasteiger partial charge in [0.15, 0.2) is 0 Å².